The highest BCUT2D eigenvalue weighted by Gasteiger charge is 2.30. The Bertz CT molecular complexity index is 189. The van der Waals surface area contributed by atoms with Crippen molar-refractivity contribution in [2.45, 2.75) is 70.5 Å². The minimum absolute atomic E-state index is 0.793. The Labute approximate surface area is 94.4 Å². The van der Waals surface area contributed by atoms with Gasteiger partial charge in [0.2, 0.25) is 0 Å². The first-order chi connectivity index (χ1) is 7.29. The van der Waals surface area contributed by atoms with Crippen LogP contribution in [0.3, 0.4) is 0 Å². The fourth-order valence-electron chi connectivity index (χ4n) is 2.59. The van der Waals surface area contributed by atoms with Crippen LogP contribution in [0.2, 0.25) is 0 Å². The van der Waals surface area contributed by atoms with E-state index in [4.69, 9.17) is 0 Å². The van der Waals surface area contributed by atoms with Gasteiger partial charge in [-0.15, -0.1) is 0 Å². The molecular formula is C13H26N2. The number of unbranched alkanes of at least 4 members (excludes halogenated alkanes) is 1. The van der Waals surface area contributed by atoms with Crippen LogP contribution in [0.1, 0.15) is 52.4 Å². The Kier molecular flexibility index (Phi) is 4.04. The van der Waals surface area contributed by atoms with Crippen LogP contribution in [0.15, 0.2) is 0 Å². The number of nitrogens with zero attached hydrogens (tertiary/aromatic N) is 1. The van der Waals surface area contributed by atoms with Crippen molar-refractivity contribution in [2.24, 2.45) is 0 Å². The molecule has 2 fully saturated rings. The summed E-state index contributed by atoms with van der Waals surface area (Å²) in [6.07, 6.45) is 8.31. The summed E-state index contributed by atoms with van der Waals surface area (Å²) in [5.41, 5.74) is 0. The highest BCUT2D eigenvalue weighted by molar-refractivity contribution is 4.90. The number of nitrogens with one attached hydrogen (secondary N) is 1. The second kappa shape index (κ2) is 5.31. The van der Waals surface area contributed by atoms with E-state index in [1.807, 2.05) is 0 Å². The second-order valence-electron chi connectivity index (χ2n) is 5.41. The average molecular weight is 210 g/mol. The molecule has 1 saturated heterocycles. The van der Waals surface area contributed by atoms with Gasteiger partial charge in [0, 0.05) is 31.2 Å². The molecule has 2 atom stereocenters. The summed E-state index contributed by atoms with van der Waals surface area (Å²) in [7, 11) is 0. The van der Waals surface area contributed by atoms with E-state index in [0.29, 0.717) is 0 Å². The monoisotopic (exact) mass is 210 g/mol. The molecule has 1 saturated carbocycles. The van der Waals surface area contributed by atoms with Gasteiger partial charge < -0.3 is 5.32 Å². The lowest BCUT2D eigenvalue weighted by Crippen LogP contribution is -2.37. The third-order valence-corrected chi connectivity index (χ3v) is 3.87. The Balaban J connectivity index is 1.66. The van der Waals surface area contributed by atoms with Crippen molar-refractivity contribution in [2.75, 3.05) is 13.1 Å². The van der Waals surface area contributed by atoms with Gasteiger partial charge in [-0.2, -0.15) is 0 Å². The smallest absolute Gasteiger partial charge is 0.0209 e. The molecule has 15 heavy (non-hydrogen) atoms. The van der Waals surface area contributed by atoms with Gasteiger partial charge >= 0.3 is 0 Å². The van der Waals surface area contributed by atoms with E-state index in [9.17, 15) is 0 Å². The quantitative estimate of drug-likeness (QED) is 0.724. The predicted molar refractivity (Wildman–Crippen MR) is 65.1 cm³/mol. The van der Waals surface area contributed by atoms with E-state index in [1.54, 1.807) is 0 Å². The fraction of sp³-hybridized carbons (Fsp3) is 1.00. The van der Waals surface area contributed by atoms with E-state index in [0.717, 1.165) is 18.1 Å². The standard InChI is InChI=1S/C13H26N2/c1-3-4-5-11(2)15-9-8-13(10-15)14-12-6-7-12/h11-14H,3-10H2,1-2H3. The van der Waals surface area contributed by atoms with Crippen LogP contribution in [0.5, 0.6) is 0 Å². The summed E-state index contributed by atoms with van der Waals surface area (Å²) >= 11 is 0. The average Bonchev–Trinajstić information content (AvgIpc) is 2.91. The summed E-state index contributed by atoms with van der Waals surface area (Å²) in [6.45, 7) is 7.29. The molecule has 0 aromatic rings. The first-order valence-corrected chi connectivity index (χ1v) is 6.79. The third-order valence-electron chi connectivity index (χ3n) is 3.87. The van der Waals surface area contributed by atoms with Crippen LogP contribution in [0.4, 0.5) is 0 Å². The summed E-state index contributed by atoms with van der Waals surface area (Å²) in [6, 6.07) is 2.47. The molecule has 0 radical (unpaired) electrons. The molecule has 0 aromatic heterocycles. The van der Waals surface area contributed by atoms with E-state index >= 15 is 0 Å². The molecule has 88 valence electrons. The third kappa shape index (κ3) is 3.46. The number of rotatable bonds is 6. The second-order valence-corrected chi connectivity index (χ2v) is 5.41. The number of hydrogen-bond donors (Lipinski definition) is 1. The van der Waals surface area contributed by atoms with Gasteiger partial charge in [0.15, 0.2) is 0 Å². The minimum atomic E-state index is 0.793. The lowest BCUT2D eigenvalue weighted by atomic mass is 10.1. The molecule has 2 aliphatic rings. The first kappa shape index (κ1) is 11.4. The molecule has 0 aromatic carbocycles. The van der Waals surface area contributed by atoms with Gasteiger partial charge in [-0.05, 0) is 32.6 Å². The lowest BCUT2D eigenvalue weighted by molar-refractivity contribution is 0.237. The SMILES string of the molecule is CCCCC(C)N1CCC(NC2CC2)C1. The fourth-order valence-corrected chi connectivity index (χ4v) is 2.59. The zero-order chi connectivity index (χ0) is 10.7. The first-order valence-electron chi connectivity index (χ1n) is 6.79. The summed E-state index contributed by atoms with van der Waals surface area (Å²) < 4.78 is 0. The molecule has 2 unspecified atom stereocenters. The van der Waals surface area contributed by atoms with Gasteiger partial charge in [0.05, 0.1) is 0 Å². The summed E-state index contributed by atoms with van der Waals surface area (Å²) in [4.78, 5) is 2.68. The van der Waals surface area contributed by atoms with Crippen LogP contribution in [0.25, 0.3) is 0 Å². The molecule has 2 nitrogen and oxygen atoms in total. The highest BCUT2D eigenvalue weighted by Crippen LogP contribution is 2.23. The van der Waals surface area contributed by atoms with Crippen molar-refractivity contribution >= 4 is 0 Å². The Morgan fingerprint density at radius 3 is 2.73 bits per heavy atom. The maximum atomic E-state index is 3.75. The molecule has 0 amide bonds. The number of hydrogen-bond acceptors (Lipinski definition) is 2. The molecular weight excluding hydrogens is 184 g/mol. The Morgan fingerprint density at radius 1 is 1.27 bits per heavy atom. The maximum absolute atomic E-state index is 3.75. The topological polar surface area (TPSA) is 15.3 Å². The highest BCUT2D eigenvalue weighted by atomic mass is 15.2. The van der Waals surface area contributed by atoms with Crippen molar-refractivity contribution in [3.63, 3.8) is 0 Å². The molecule has 2 heteroatoms. The maximum Gasteiger partial charge on any atom is 0.0209 e. The lowest BCUT2D eigenvalue weighted by Gasteiger charge is -2.24. The Morgan fingerprint density at radius 2 is 2.07 bits per heavy atom. The van der Waals surface area contributed by atoms with Crippen LogP contribution in [0, 0.1) is 0 Å². The van der Waals surface area contributed by atoms with Crippen LogP contribution in [-0.2, 0) is 0 Å². The summed E-state index contributed by atoms with van der Waals surface area (Å²) in [5.74, 6) is 0. The molecule has 1 aliphatic heterocycles. The Hall–Kier alpha value is -0.0800. The van der Waals surface area contributed by atoms with Crippen LogP contribution in [-0.4, -0.2) is 36.1 Å². The van der Waals surface area contributed by atoms with Crippen molar-refractivity contribution in [3.05, 3.63) is 0 Å². The number of likely N-dealkylation sites (tertiary alicyclic amines) is 1. The predicted octanol–water partition coefficient (Wildman–Crippen LogP) is 2.39. The zero-order valence-electron chi connectivity index (χ0n) is 10.3. The molecule has 0 spiro atoms. The van der Waals surface area contributed by atoms with E-state index in [-0.39, 0.29) is 0 Å². The van der Waals surface area contributed by atoms with E-state index in [2.05, 4.69) is 24.1 Å². The molecule has 1 heterocycles. The minimum Gasteiger partial charge on any atom is -0.310 e. The molecule has 1 N–H and O–H groups in total. The zero-order valence-corrected chi connectivity index (χ0v) is 10.3. The molecule has 1 aliphatic carbocycles. The van der Waals surface area contributed by atoms with Crippen molar-refractivity contribution in [1.29, 1.82) is 0 Å². The van der Waals surface area contributed by atoms with Crippen LogP contribution >= 0.6 is 0 Å². The summed E-state index contributed by atoms with van der Waals surface area (Å²) in [5, 5.41) is 3.75. The van der Waals surface area contributed by atoms with E-state index < -0.39 is 0 Å². The van der Waals surface area contributed by atoms with Crippen molar-refractivity contribution in [3.8, 4) is 0 Å². The van der Waals surface area contributed by atoms with Gasteiger partial charge in [0.25, 0.3) is 0 Å². The van der Waals surface area contributed by atoms with Gasteiger partial charge in [-0.3, -0.25) is 4.90 Å². The van der Waals surface area contributed by atoms with Gasteiger partial charge in [-0.25, -0.2) is 0 Å². The van der Waals surface area contributed by atoms with Crippen molar-refractivity contribution < 1.29 is 0 Å². The van der Waals surface area contributed by atoms with Gasteiger partial charge in [-0.1, -0.05) is 19.8 Å². The molecule has 0 bridgehead atoms. The van der Waals surface area contributed by atoms with E-state index in [1.165, 1.54) is 51.6 Å². The normalized spacial score (nSPS) is 29.6. The van der Waals surface area contributed by atoms with Crippen LogP contribution < -0.4 is 5.32 Å². The molecule has 2 rings (SSSR count). The largest absolute Gasteiger partial charge is 0.310 e. The van der Waals surface area contributed by atoms with Crippen molar-refractivity contribution in [1.82, 2.24) is 10.2 Å². The van der Waals surface area contributed by atoms with Gasteiger partial charge in [0.1, 0.15) is 0 Å².